The number of likely N-dealkylation sites (tertiary alicyclic amines) is 1. The number of amides is 2. The van der Waals surface area contributed by atoms with Gasteiger partial charge in [0.25, 0.3) is 0 Å². The molecule has 2 saturated heterocycles. The molecule has 0 radical (unpaired) electrons. The van der Waals surface area contributed by atoms with Crippen LogP contribution in [0.25, 0.3) is 0 Å². The first-order chi connectivity index (χ1) is 25.1. The molecule has 2 aromatic carbocycles. The van der Waals surface area contributed by atoms with Gasteiger partial charge in [0.2, 0.25) is 11.8 Å². The summed E-state index contributed by atoms with van der Waals surface area (Å²) >= 11 is 7.08. The van der Waals surface area contributed by atoms with Crippen LogP contribution in [0.15, 0.2) is 83.0 Å². The monoisotopic (exact) mass is 728 g/mol. The molecule has 2 N–H and O–H groups in total. The Balaban J connectivity index is 1.18. The first-order valence-corrected chi connectivity index (χ1v) is 19.0. The lowest BCUT2D eigenvalue weighted by atomic mass is 9.73. The highest BCUT2D eigenvalue weighted by atomic mass is 35.5. The highest BCUT2D eigenvalue weighted by Crippen LogP contribution is 2.49. The maximum Gasteiger partial charge on any atom is 0.228 e. The van der Waals surface area contributed by atoms with Crippen LogP contribution in [-0.2, 0) is 25.7 Å². The van der Waals surface area contributed by atoms with Crippen LogP contribution in [0.5, 0.6) is 5.75 Å². The van der Waals surface area contributed by atoms with Crippen molar-refractivity contribution in [3.8, 4) is 5.75 Å². The van der Waals surface area contributed by atoms with Crippen LogP contribution in [0, 0.1) is 5.41 Å². The molecule has 52 heavy (non-hydrogen) atoms. The minimum Gasteiger partial charge on any atom is -0.510 e. The fourth-order valence-corrected chi connectivity index (χ4v) is 8.58. The molecule has 0 bridgehead atoms. The molecular formula is C41H49ClN4O6. The maximum absolute atomic E-state index is 14.7. The third-order valence-electron chi connectivity index (χ3n) is 11.0. The van der Waals surface area contributed by atoms with Crippen LogP contribution in [0.3, 0.4) is 0 Å². The minimum absolute atomic E-state index is 0.0445. The number of carbonyl (C=O) groups is 3. The van der Waals surface area contributed by atoms with E-state index in [2.05, 4.69) is 10.2 Å². The van der Waals surface area contributed by atoms with Crippen LogP contribution in [0.1, 0.15) is 82.4 Å². The summed E-state index contributed by atoms with van der Waals surface area (Å²) in [5.41, 5.74) is 3.32. The van der Waals surface area contributed by atoms with Crippen molar-refractivity contribution >= 4 is 29.2 Å². The van der Waals surface area contributed by atoms with E-state index in [1.807, 2.05) is 67.3 Å². The number of morpholine rings is 1. The van der Waals surface area contributed by atoms with E-state index in [1.54, 1.807) is 11.0 Å². The SMILES string of the molecule is CC1(C)CC(=O)C2=C(C1)NC1=C(O)CCC=C1N(C(=O)CCC(=O)N1CCC(N3CCOCC3)CC1)[C@@H]2c1ccc(OCc2ccccc2)cc1Cl. The van der Waals surface area contributed by atoms with Gasteiger partial charge in [-0.2, -0.15) is 0 Å². The molecule has 3 aliphatic heterocycles. The molecule has 7 rings (SSSR count). The fourth-order valence-electron chi connectivity index (χ4n) is 8.31. The molecule has 0 saturated carbocycles. The molecule has 10 nitrogen and oxygen atoms in total. The summed E-state index contributed by atoms with van der Waals surface area (Å²) < 4.78 is 11.6. The van der Waals surface area contributed by atoms with Crippen molar-refractivity contribution in [3.63, 3.8) is 0 Å². The average Bonchev–Trinajstić information content (AvgIpc) is 3.28. The van der Waals surface area contributed by atoms with Crippen molar-refractivity contribution in [3.05, 3.63) is 99.2 Å². The second-order valence-corrected chi connectivity index (χ2v) is 15.7. The predicted octanol–water partition coefficient (Wildman–Crippen LogP) is 6.59. The van der Waals surface area contributed by atoms with Gasteiger partial charge in [-0.25, -0.2) is 0 Å². The smallest absolute Gasteiger partial charge is 0.228 e. The number of ketones is 1. The first kappa shape index (κ1) is 36.2. The molecule has 11 heteroatoms. The number of fused-ring (bicyclic) bond motifs is 1. The number of carbonyl (C=O) groups excluding carboxylic acids is 3. The second-order valence-electron chi connectivity index (χ2n) is 15.3. The molecule has 2 fully saturated rings. The lowest BCUT2D eigenvalue weighted by Crippen LogP contribution is -2.50. The molecule has 276 valence electrons. The number of hydrogen-bond acceptors (Lipinski definition) is 8. The van der Waals surface area contributed by atoms with E-state index in [4.69, 9.17) is 21.1 Å². The van der Waals surface area contributed by atoms with Crippen molar-refractivity contribution in [2.24, 2.45) is 5.41 Å². The van der Waals surface area contributed by atoms with Gasteiger partial charge in [-0.15, -0.1) is 0 Å². The number of nitrogens with one attached hydrogen (secondary N) is 1. The van der Waals surface area contributed by atoms with Crippen LogP contribution >= 0.6 is 11.6 Å². The summed E-state index contributed by atoms with van der Waals surface area (Å²) in [6.45, 7) is 9.11. The van der Waals surface area contributed by atoms with Crippen LogP contribution in [0.2, 0.25) is 5.02 Å². The number of halogens is 1. The molecule has 0 aromatic heterocycles. The van der Waals surface area contributed by atoms with E-state index in [-0.39, 0.29) is 41.6 Å². The minimum atomic E-state index is -0.872. The number of nitrogens with zero attached hydrogens (tertiary/aromatic N) is 3. The number of rotatable bonds is 8. The Kier molecular flexibility index (Phi) is 10.8. The molecule has 2 aliphatic carbocycles. The lowest BCUT2D eigenvalue weighted by molar-refractivity contribution is -0.138. The first-order valence-electron chi connectivity index (χ1n) is 18.6. The quantitative estimate of drug-likeness (QED) is 0.314. The summed E-state index contributed by atoms with van der Waals surface area (Å²) in [5, 5.41) is 15.0. The highest BCUT2D eigenvalue weighted by molar-refractivity contribution is 6.31. The van der Waals surface area contributed by atoms with Crippen molar-refractivity contribution in [2.75, 3.05) is 39.4 Å². The Morgan fingerprint density at radius 1 is 1.00 bits per heavy atom. The van der Waals surface area contributed by atoms with Gasteiger partial charge in [-0.3, -0.25) is 24.2 Å². The van der Waals surface area contributed by atoms with Gasteiger partial charge in [0, 0.05) is 74.2 Å². The Labute approximate surface area is 311 Å². The maximum atomic E-state index is 14.7. The summed E-state index contributed by atoms with van der Waals surface area (Å²) in [5.74, 6) is 0.247. The zero-order chi connectivity index (χ0) is 36.4. The van der Waals surface area contributed by atoms with E-state index >= 15 is 0 Å². The van der Waals surface area contributed by atoms with Crippen molar-refractivity contribution in [1.82, 2.24) is 20.0 Å². The summed E-state index contributed by atoms with van der Waals surface area (Å²) in [6, 6.07) is 14.8. The molecule has 5 aliphatic rings. The lowest BCUT2D eigenvalue weighted by Gasteiger charge is -2.40. The Morgan fingerprint density at radius 3 is 2.46 bits per heavy atom. The summed E-state index contributed by atoms with van der Waals surface area (Å²) in [7, 11) is 0. The number of ether oxygens (including phenoxy) is 2. The number of aliphatic hydroxyl groups is 1. The zero-order valence-corrected chi connectivity index (χ0v) is 30.9. The fraction of sp³-hybridized carbons (Fsp3) is 0.488. The molecule has 3 heterocycles. The largest absolute Gasteiger partial charge is 0.510 e. The Bertz CT molecular complexity index is 1790. The van der Waals surface area contributed by atoms with Gasteiger partial charge in [0.15, 0.2) is 5.78 Å². The summed E-state index contributed by atoms with van der Waals surface area (Å²) in [6.07, 6.45) is 5.50. The zero-order valence-electron chi connectivity index (χ0n) is 30.2. The molecule has 1 atom stereocenters. The molecule has 0 unspecified atom stereocenters. The number of hydrogen-bond donors (Lipinski definition) is 2. The number of allylic oxidation sites excluding steroid dienone is 3. The highest BCUT2D eigenvalue weighted by Gasteiger charge is 2.46. The average molecular weight is 729 g/mol. The van der Waals surface area contributed by atoms with Crippen LogP contribution in [0.4, 0.5) is 0 Å². The Hall–Kier alpha value is -4.12. The summed E-state index contributed by atoms with van der Waals surface area (Å²) in [4.78, 5) is 48.4. The normalized spacial score (nSPS) is 22.6. The second kappa shape index (κ2) is 15.5. The van der Waals surface area contributed by atoms with Gasteiger partial charge >= 0.3 is 0 Å². The standard InChI is InChI=1S/C41H49ClN4O6/c1-41(2)24-32-38(35(48)25-41)40(30-12-11-29(23-31(30)42)52-26-27-7-4-3-5-8-27)46(33-9-6-10-34(47)39(33)43-32)37(50)14-13-36(49)45-17-15-28(16-18-45)44-19-21-51-22-20-44/h3-5,7-9,11-12,23,28,40,43,47H,6,10,13-22,24-26H2,1-2H3/t40-/m1/s1. The molecule has 0 spiro atoms. The topological polar surface area (TPSA) is 112 Å². The molecular weight excluding hydrogens is 680 g/mol. The van der Waals surface area contributed by atoms with Gasteiger partial charge in [-0.05, 0) is 54.4 Å². The van der Waals surface area contributed by atoms with Gasteiger partial charge in [0.1, 0.15) is 23.8 Å². The predicted molar refractivity (Wildman–Crippen MR) is 198 cm³/mol. The van der Waals surface area contributed by atoms with Crippen molar-refractivity contribution in [1.29, 1.82) is 0 Å². The molecule has 2 aromatic rings. The third kappa shape index (κ3) is 7.80. The van der Waals surface area contributed by atoms with Crippen LogP contribution in [-0.4, -0.2) is 82.8 Å². The van der Waals surface area contributed by atoms with E-state index < -0.39 is 6.04 Å². The Morgan fingerprint density at radius 2 is 1.73 bits per heavy atom. The third-order valence-corrected chi connectivity index (χ3v) is 11.3. The number of aliphatic hydroxyl groups excluding tert-OH is 1. The number of Topliss-reactive ketones (excluding diaryl/α,β-unsaturated/α-hetero) is 1. The van der Waals surface area contributed by atoms with Crippen molar-refractivity contribution < 1.29 is 29.0 Å². The van der Waals surface area contributed by atoms with Gasteiger partial charge < -0.3 is 24.8 Å². The van der Waals surface area contributed by atoms with Gasteiger partial charge in [0.05, 0.1) is 25.0 Å². The molecule has 2 amide bonds. The van der Waals surface area contributed by atoms with E-state index in [1.165, 1.54) is 0 Å². The van der Waals surface area contributed by atoms with E-state index in [9.17, 15) is 19.5 Å². The van der Waals surface area contributed by atoms with Gasteiger partial charge in [-0.1, -0.05) is 67.9 Å². The van der Waals surface area contributed by atoms with Crippen LogP contribution < -0.4 is 10.1 Å². The number of piperidine rings is 1. The van der Waals surface area contributed by atoms with E-state index in [0.29, 0.717) is 90.4 Å². The number of benzene rings is 2. The van der Waals surface area contributed by atoms with Crippen molar-refractivity contribution in [2.45, 2.75) is 83.9 Å². The van der Waals surface area contributed by atoms with E-state index in [0.717, 1.165) is 44.7 Å².